The van der Waals surface area contributed by atoms with Gasteiger partial charge < -0.3 is 10.2 Å². The maximum atomic E-state index is 11.3. The topological polar surface area (TPSA) is 77.5 Å². The van der Waals surface area contributed by atoms with Crippen molar-refractivity contribution in [1.29, 1.82) is 0 Å². The molecule has 3 N–H and O–H groups in total. The first-order valence-corrected chi connectivity index (χ1v) is 10.7. The molecule has 1 fully saturated rings. The van der Waals surface area contributed by atoms with Gasteiger partial charge in [0.2, 0.25) is 5.91 Å². The molecule has 1 saturated heterocycles. The van der Waals surface area contributed by atoms with Crippen molar-refractivity contribution in [3.05, 3.63) is 22.2 Å². The van der Waals surface area contributed by atoms with Gasteiger partial charge in [0, 0.05) is 41.6 Å². The largest absolute Gasteiger partial charge is 0.309 e. The minimum absolute atomic E-state index is 0.190. The van der Waals surface area contributed by atoms with Crippen molar-refractivity contribution in [2.45, 2.75) is 43.9 Å². The van der Waals surface area contributed by atoms with Crippen LogP contribution in [0.15, 0.2) is 11.5 Å². The molecule has 138 valence electrons. The summed E-state index contributed by atoms with van der Waals surface area (Å²) < 4.78 is 0. The van der Waals surface area contributed by atoms with E-state index in [0.717, 1.165) is 41.7 Å². The van der Waals surface area contributed by atoms with E-state index >= 15 is 0 Å². The van der Waals surface area contributed by atoms with Crippen molar-refractivity contribution in [1.82, 2.24) is 20.7 Å². The summed E-state index contributed by atoms with van der Waals surface area (Å²) in [5.41, 5.74) is 2.71. The molecule has 25 heavy (non-hydrogen) atoms. The van der Waals surface area contributed by atoms with Gasteiger partial charge in [-0.25, -0.2) is 10.5 Å². The predicted octanol–water partition coefficient (Wildman–Crippen LogP) is 2.46. The summed E-state index contributed by atoms with van der Waals surface area (Å²) in [7, 11) is 0. The number of amides is 1. The Hall–Kier alpha value is -0.930. The van der Waals surface area contributed by atoms with E-state index < -0.39 is 0 Å². The lowest BCUT2D eigenvalue weighted by Crippen LogP contribution is -2.35. The predicted molar refractivity (Wildman–Crippen MR) is 103 cm³/mol. The molecule has 0 aliphatic carbocycles. The molecule has 1 aromatic heterocycles. The Labute approximate surface area is 157 Å². The first kappa shape index (κ1) is 18.8. The Morgan fingerprint density at radius 3 is 3.00 bits per heavy atom. The standard InChI is InChI=1S/C17H26N4O2S2/c22-16(20-23)10-13-4-5-15(25-13)14-12-24-17(19-14)11-18-6-9-21-7-2-1-3-8-21/h5,12-13,18,23H,1-4,6-11H2,(H,20,22). The zero-order valence-corrected chi connectivity index (χ0v) is 16.0. The van der Waals surface area contributed by atoms with Gasteiger partial charge in [0.05, 0.1) is 5.69 Å². The number of nitrogens with one attached hydrogen (secondary N) is 2. The molecule has 6 nitrogen and oxygen atoms in total. The monoisotopic (exact) mass is 382 g/mol. The van der Waals surface area contributed by atoms with Gasteiger partial charge in [-0.15, -0.1) is 23.1 Å². The van der Waals surface area contributed by atoms with Gasteiger partial charge in [0.25, 0.3) is 0 Å². The third-order valence-corrected chi connectivity index (χ3v) is 6.70. The van der Waals surface area contributed by atoms with Crippen LogP contribution < -0.4 is 10.8 Å². The molecule has 0 spiro atoms. The maximum absolute atomic E-state index is 11.3. The highest BCUT2D eigenvalue weighted by Crippen LogP contribution is 2.40. The Morgan fingerprint density at radius 2 is 2.20 bits per heavy atom. The van der Waals surface area contributed by atoms with Crippen LogP contribution in [0.4, 0.5) is 0 Å². The number of aromatic nitrogens is 1. The number of hydroxylamine groups is 1. The highest BCUT2D eigenvalue weighted by atomic mass is 32.2. The van der Waals surface area contributed by atoms with Crippen molar-refractivity contribution >= 4 is 33.9 Å². The van der Waals surface area contributed by atoms with Crippen LogP contribution in [0, 0.1) is 0 Å². The quantitative estimate of drug-likeness (QED) is 0.364. The van der Waals surface area contributed by atoms with Crippen molar-refractivity contribution in [2.24, 2.45) is 0 Å². The van der Waals surface area contributed by atoms with E-state index in [4.69, 9.17) is 10.2 Å². The SMILES string of the molecule is O=C(CC1CC=C(c2csc(CNCCN3CCCCC3)n2)S1)NO. The molecule has 0 bridgehead atoms. The molecule has 1 aromatic rings. The molecule has 0 saturated carbocycles. The number of carbonyl (C=O) groups excluding carboxylic acids is 1. The number of nitrogens with zero attached hydrogens (tertiary/aromatic N) is 2. The van der Waals surface area contributed by atoms with E-state index in [9.17, 15) is 4.79 Å². The van der Waals surface area contributed by atoms with Crippen LogP contribution in [0.5, 0.6) is 0 Å². The molecule has 1 atom stereocenters. The van der Waals surface area contributed by atoms with Crippen LogP contribution >= 0.6 is 23.1 Å². The molecule has 8 heteroatoms. The molecule has 0 aromatic carbocycles. The third kappa shape index (κ3) is 5.79. The second kappa shape index (κ2) is 9.68. The molecule has 0 radical (unpaired) electrons. The van der Waals surface area contributed by atoms with E-state index in [1.165, 1.54) is 32.4 Å². The van der Waals surface area contributed by atoms with E-state index in [1.807, 2.05) is 0 Å². The first-order chi connectivity index (χ1) is 12.2. The average Bonchev–Trinajstić information content (AvgIpc) is 3.29. The van der Waals surface area contributed by atoms with E-state index in [-0.39, 0.29) is 11.2 Å². The van der Waals surface area contributed by atoms with E-state index in [1.54, 1.807) is 28.6 Å². The lowest BCUT2D eigenvalue weighted by atomic mass is 10.1. The lowest BCUT2D eigenvalue weighted by Gasteiger charge is -2.26. The number of allylic oxidation sites excluding steroid dienone is 1. The van der Waals surface area contributed by atoms with Crippen molar-refractivity contribution in [2.75, 3.05) is 26.2 Å². The average molecular weight is 383 g/mol. The highest BCUT2D eigenvalue weighted by molar-refractivity contribution is 8.09. The number of carbonyl (C=O) groups is 1. The number of rotatable bonds is 8. The third-order valence-electron chi connectivity index (χ3n) is 4.53. The molecule has 3 heterocycles. The molecular formula is C17H26N4O2S2. The van der Waals surface area contributed by atoms with E-state index in [0.29, 0.717) is 6.42 Å². The maximum Gasteiger partial charge on any atom is 0.244 e. The van der Waals surface area contributed by atoms with Crippen LogP contribution in [-0.4, -0.2) is 52.4 Å². The fourth-order valence-electron chi connectivity index (χ4n) is 3.18. The number of thioether (sulfide) groups is 1. The summed E-state index contributed by atoms with van der Waals surface area (Å²) in [6.45, 7) is 5.42. The summed E-state index contributed by atoms with van der Waals surface area (Å²) in [4.78, 5) is 19.6. The van der Waals surface area contributed by atoms with Crippen LogP contribution in [0.25, 0.3) is 4.91 Å². The van der Waals surface area contributed by atoms with Crippen LogP contribution in [0.2, 0.25) is 0 Å². The summed E-state index contributed by atoms with van der Waals surface area (Å²) in [6, 6.07) is 0. The summed E-state index contributed by atoms with van der Waals surface area (Å²) in [5.74, 6) is -0.330. The summed E-state index contributed by atoms with van der Waals surface area (Å²) >= 11 is 3.36. The summed E-state index contributed by atoms with van der Waals surface area (Å²) in [6.07, 6.45) is 7.37. The highest BCUT2D eigenvalue weighted by Gasteiger charge is 2.23. The Kier molecular flexibility index (Phi) is 7.30. The normalized spacial score (nSPS) is 21.3. The van der Waals surface area contributed by atoms with Crippen LogP contribution in [0.3, 0.4) is 0 Å². The number of thiazole rings is 1. The van der Waals surface area contributed by atoms with Gasteiger partial charge >= 0.3 is 0 Å². The first-order valence-electron chi connectivity index (χ1n) is 8.92. The summed E-state index contributed by atoms with van der Waals surface area (Å²) in [5, 5.41) is 15.5. The Morgan fingerprint density at radius 1 is 1.36 bits per heavy atom. The lowest BCUT2D eigenvalue weighted by molar-refractivity contribution is -0.129. The fourth-order valence-corrected chi connectivity index (χ4v) is 5.22. The number of hydrogen-bond donors (Lipinski definition) is 3. The molecule has 2 aliphatic heterocycles. The smallest absolute Gasteiger partial charge is 0.244 e. The molecule has 1 unspecified atom stereocenters. The second-order valence-electron chi connectivity index (χ2n) is 6.49. The van der Waals surface area contributed by atoms with Gasteiger partial charge in [-0.2, -0.15) is 0 Å². The van der Waals surface area contributed by atoms with Gasteiger partial charge in [0.15, 0.2) is 0 Å². The molecule has 1 amide bonds. The minimum atomic E-state index is -0.330. The molecular weight excluding hydrogens is 356 g/mol. The Bertz CT molecular complexity index is 599. The Balaban J connectivity index is 1.38. The number of hydrogen-bond acceptors (Lipinski definition) is 7. The number of likely N-dealkylation sites (tertiary alicyclic amines) is 1. The molecule has 2 aliphatic rings. The minimum Gasteiger partial charge on any atom is -0.309 e. The molecule has 3 rings (SSSR count). The van der Waals surface area contributed by atoms with Crippen LogP contribution in [0.1, 0.15) is 42.8 Å². The fraction of sp³-hybridized carbons (Fsp3) is 0.647. The van der Waals surface area contributed by atoms with Crippen molar-refractivity contribution in [3.63, 3.8) is 0 Å². The van der Waals surface area contributed by atoms with Crippen LogP contribution in [-0.2, 0) is 11.3 Å². The van der Waals surface area contributed by atoms with Gasteiger partial charge in [-0.3, -0.25) is 10.0 Å². The van der Waals surface area contributed by atoms with Gasteiger partial charge in [-0.05, 0) is 32.4 Å². The van der Waals surface area contributed by atoms with Crippen molar-refractivity contribution < 1.29 is 10.0 Å². The van der Waals surface area contributed by atoms with Crippen molar-refractivity contribution in [3.8, 4) is 0 Å². The zero-order chi connectivity index (χ0) is 17.5. The zero-order valence-electron chi connectivity index (χ0n) is 14.4. The van der Waals surface area contributed by atoms with Gasteiger partial charge in [0.1, 0.15) is 5.01 Å². The number of piperidine rings is 1. The van der Waals surface area contributed by atoms with Gasteiger partial charge in [-0.1, -0.05) is 12.5 Å². The van der Waals surface area contributed by atoms with E-state index in [2.05, 4.69) is 21.7 Å². The second-order valence-corrected chi connectivity index (χ2v) is 8.77.